The highest BCUT2D eigenvalue weighted by molar-refractivity contribution is 5.87. The SMILES string of the molecule is COc1cc2c(cc1OC)[C@@]13CC[C@H]4O[C@@H](C(=O)N1CC2)[C@@H]3[C@H]4OC(C)=O. The molecule has 5 atom stereocenters. The molecule has 7 heteroatoms. The smallest absolute Gasteiger partial charge is 0.303 e. The van der Waals surface area contributed by atoms with Gasteiger partial charge >= 0.3 is 5.97 Å². The van der Waals surface area contributed by atoms with E-state index in [0.717, 1.165) is 30.4 Å². The zero-order valence-electron chi connectivity index (χ0n) is 15.7. The molecule has 2 bridgehead atoms. The van der Waals surface area contributed by atoms with Crippen molar-refractivity contribution in [3.05, 3.63) is 23.3 Å². The lowest BCUT2D eigenvalue weighted by molar-refractivity contribution is -0.161. The highest BCUT2D eigenvalue weighted by Gasteiger charge is 2.71. The average molecular weight is 373 g/mol. The average Bonchev–Trinajstić information content (AvgIpc) is 3.05. The van der Waals surface area contributed by atoms with Crippen molar-refractivity contribution >= 4 is 11.9 Å². The number of hydrogen-bond donors (Lipinski definition) is 0. The fourth-order valence-electron chi connectivity index (χ4n) is 5.79. The first-order chi connectivity index (χ1) is 13.0. The summed E-state index contributed by atoms with van der Waals surface area (Å²) >= 11 is 0. The van der Waals surface area contributed by atoms with Crippen LogP contribution in [0.25, 0.3) is 0 Å². The van der Waals surface area contributed by atoms with Crippen molar-refractivity contribution < 1.29 is 28.5 Å². The quantitative estimate of drug-likeness (QED) is 0.746. The Morgan fingerprint density at radius 3 is 2.70 bits per heavy atom. The summed E-state index contributed by atoms with van der Waals surface area (Å²) in [5.74, 6) is 0.827. The molecular formula is C20H23NO6. The van der Waals surface area contributed by atoms with Crippen LogP contribution in [0.5, 0.6) is 11.5 Å². The molecule has 0 N–H and O–H groups in total. The maximum Gasteiger partial charge on any atom is 0.303 e. The second-order valence-corrected chi connectivity index (χ2v) is 7.76. The minimum Gasteiger partial charge on any atom is -0.493 e. The third kappa shape index (κ3) is 2.00. The lowest BCUT2D eigenvalue weighted by Gasteiger charge is -2.50. The summed E-state index contributed by atoms with van der Waals surface area (Å²) < 4.78 is 22.8. The van der Waals surface area contributed by atoms with Crippen molar-refractivity contribution in [2.24, 2.45) is 5.92 Å². The number of rotatable bonds is 3. The number of carbonyl (C=O) groups excluding carboxylic acids is 2. The second-order valence-electron chi connectivity index (χ2n) is 7.76. The zero-order chi connectivity index (χ0) is 18.9. The molecule has 3 fully saturated rings. The molecule has 5 rings (SSSR count). The lowest BCUT2D eigenvalue weighted by atomic mass is 9.65. The van der Waals surface area contributed by atoms with Gasteiger partial charge in [-0.25, -0.2) is 0 Å². The first-order valence-corrected chi connectivity index (χ1v) is 9.41. The second kappa shape index (κ2) is 5.61. The van der Waals surface area contributed by atoms with E-state index in [1.165, 1.54) is 6.92 Å². The van der Waals surface area contributed by atoms with Crippen LogP contribution in [0.3, 0.4) is 0 Å². The number of carbonyl (C=O) groups is 2. The minimum atomic E-state index is -0.541. The van der Waals surface area contributed by atoms with Crippen LogP contribution in [0.1, 0.15) is 30.9 Å². The molecule has 1 aliphatic carbocycles. The van der Waals surface area contributed by atoms with Gasteiger partial charge < -0.3 is 23.8 Å². The highest BCUT2D eigenvalue weighted by Crippen LogP contribution is 2.61. The molecule has 0 radical (unpaired) electrons. The summed E-state index contributed by atoms with van der Waals surface area (Å²) in [6.45, 7) is 2.05. The van der Waals surface area contributed by atoms with E-state index in [1.54, 1.807) is 14.2 Å². The number of nitrogens with zero attached hydrogens (tertiary/aromatic N) is 1. The van der Waals surface area contributed by atoms with E-state index in [2.05, 4.69) is 0 Å². The number of fused-ring (bicyclic) bond motifs is 2. The maximum absolute atomic E-state index is 13.1. The van der Waals surface area contributed by atoms with Crippen LogP contribution in [0.2, 0.25) is 0 Å². The van der Waals surface area contributed by atoms with Crippen molar-refractivity contribution in [3.63, 3.8) is 0 Å². The van der Waals surface area contributed by atoms with E-state index in [4.69, 9.17) is 18.9 Å². The van der Waals surface area contributed by atoms with Crippen molar-refractivity contribution in [2.45, 2.75) is 50.0 Å². The first-order valence-electron chi connectivity index (χ1n) is 9.41. The molecule has 1 amide bonds. The zero-order valence-corrected chi connectivity index (χ0v) is 15.7. The molecule has 1 aromatic carbocycles. The molecule has 3 aliphatic heterocycles. The highest BCUT2D eigenvalue weighted by atomic mass is 16.6. The van der Waals surface area contributed by atoms with Crippen molar-refractivity contribution in [1.82, 2.24) is 4.90 Å². The largest absolute Gasteiger partial charge is 0.493 e. The molecule has 144 valence electrons. The lowest BCUT2D eigenvalue weighted by Crippen LogP contribution is -2.57. The predicted octanol–water partition coefficient (Wildman–Crippen LogP) is 1.41. The van der Waals surface area contributed by atoms with E-state index >= 15 is 0 Å². The summed E-state index contributed by atoms with van der Waals surface area (Å²) in [5.41, 5.74) is 1.72. The number of benzene rings is 1. The van der Waals surface area contributed by atoms with Crippen molar-refractivity contribution in [2.75, 3.05) is 20.8 Å². The predicted molar refractivity (Wildman–Crippen MR) is 93.6 cm³/mol. The number of ether oxygens (including phenoxy) is 4. The summed E-state index contributed by atoms with van der Waals surface area (Å²) in [4.78, 5) is 26.8. The Morgan fingerprint density at radius 1 is 1.26 bits per heavy atom. The van der Waals surface area contributed by atoms with Gasteiger partial charge in [0.05, 0.1) is 31.8 Å². The Hall–Kier alpha value is -2.28. The molecule has 3 heterocycles. The van der Waals surface area contributed by atoms with Gasteiger partial charge in [-0.1, -0.05) is 0 Å². The van der Waals surface area contributed by atoms with Gasteiger partial charge in [0.1, 0.15) is 12.2 Å². The molecular weight excluding hydrogens is 350 g/mol. The Bertz CT molecular complexity index is 838. The monoisotopic (exact) mass is 373 g/mol. The van der Waals surface area contributed by atoms with Gasteiger partial charge in [0.15, 0.2) is 11.5 Å². The van der Waals surface area contributed by atoms with E-state index in [1.807, 2.05) is 17.0 Å². The van der Waals surface area contributed by atoms with Gasteiger partial charge in [0, 0.05) is 13.5 Å². The number of hydrogen-bond acceptors (Lipinski definition) is 6. The molecule has 1 saturated carbocycles. The van der Waals surface area contributed by atoms with E-state index in [-0.39, 0.29) is 23.9 Å². The summed E-state index contributed by atoms with van der Waals surface area (Å²) in [6.07, 6.45) is 1.17. The van der Waals surface area contributed by atoms with E-state index in [0.29, 0.717) is 18.0 Å². The minimum absolute atomic E-state index is 0.0137. The standard InChI is InChI=1S/C20H23NO6/c1-10(22)26-17-13-4-6-20-12-9-15(25-3)14(24-2)8-11(12)5-7-21(20)19(23)18(27-13)16(17)20/h8-9,13,16-18H,4-7H2,1-3H3/t13-,16+,17+,18-,20-/m1/s1. The molecule has 2 saturated heterocycles. The number of amides is 1. The topological polar surface area (TPSA) is 74.3 Å². The Kier molecular flexibility index (Phi) is 3.50. The summed E-state index contributed by atoms with van der Waals surface area (Å²) in [6, 6.07) is 4.01. The summed E-state index contributed by atoms with van der Waals surface area (Å²) in [7, 11) is 3.24. The third-order valence-corrected chi connectivity index (χ3v) is 6.70. The normalized spacial score (nSPS) is 35.5. The van der Waals surface area contributed by atoms with Crippen molar-refractivity contribution in [1.29, 1.82) is 0 Å². The fourth-order valence-corrected chi connectivity index (χ4v) is 5.79. The summed E-state index contributed by atoms with van der Waals surface area (Å²) in [5, 5.41) is 0. The van der Waals surface area contributed by atoms with Crippen LogP contribution in [0.15, 0.2) is 12.1 Å². The van der Waals surface area contributed by atoms with Gasteiger partial charge in [-0.2, -0.15) is 0 Å². The van der Waals surface area contributed by atoms with Crippen molar-refractivity contribution in [3.8, 4) is 11.5 Å². The van der Waals surface area contributed by atoms with Gasteiger partial charge in [0.2, 0.25) is 0 Å². The van der Waals surface area contributed by atoms with Gasteiger partial charge in [-0.3, -0.25) is 9.59 Å². The molecule has 0 aromatic heterocycles. The molecule has 1 aromatic rings. The van der Waals surface area contributed by atoms with Crippen LogP contribution < -0.4 is 9.47 Å². The number of esters is 1. The fraction of sp³-hybridized carbons (Fsp3) is 0.600. The van der Waals surface area contributed by atoms with Crippen LogP contribution in [-0.4, -0.2) is 55.9 Å². The Balaban J connectivity index is 1.70. The third-order valence-electron chi connectivity index (χ3n) is 6.70. The molecule has 1 spiro atoms. The molecule has 4 aliphatic rings. The number of methoxy groups -OCH3 is 2. The first kappa shape index (κ1) is 16.9. The maximum atomic E-state index is 13.1. The molecule has 27 heavy (non-hydrogen) atoms. The van der Waals surface area contributed by atoms with Crippen LogP contribution in [-0.2, 0) is 31.0 Å². The van der Waals surface area contributed by atoms with Crippen LogP contribution in [0.4, 0.5) is 0 Å². The van der Waals surface area contributed by atoms with Gasteiger partial charge in [-0.15, -0.1) is 0 Å². The van der Waals surface area contributed by atoms with Gasteiger partial charge in [-0.05, 0) is 42.5 Å². The molecule has 0 unspecified atom stereocenters. The Morgan fingerprint density at radius 2 is 2.00 bits per heavy atom. The molecule has 7 nitrogen and oxygen atoms in total. The van der Waals surface area contributed by atoms with E-state index < -0.39 is 17.7 Å². The van der Waals surface area contributed by atoms with E-state index in [9.17, 15) is 9.59 Å². The van der Waals surface area contributed by atoms with Crippen LogP contribution >= 0.6 is 0 Å². The Labute approximate surface area is 157 Å². The van der Waals surface area contributed by atoms with Gasteiger partial charge in [0.25, 0.3) is 5.91 Å². The van der Waals surface area contributed by atoms with Crippen LogP contribution in [0, 0.1) is 5.92 Å².